The van der Waals surface area contributed by atoms with Gasteiger partial charge in [0.05, 0.1) is 11.8 Å². The van der Waals surface area contributed by atoms with Crippen molar-refractivity contribution in [1.29, 1.82) is 0 Å². The van der Waals surface area contributed by atoms with E-state index >= 15 is 0 Å². The summed E-state index contributed by atoms with van der Waals surface area (Å²) in [6.45, 7) is 9.08. The van der Waals surface area contributed by atoms with Gasteiger partial charge in [-0.2, -0.15) is 0 Å². The molecule has 102 valence electrons. The number of hydrogen-bond acceptors (Lipinski definition) is 5. The summed E-state index contributed by atoms with van der Waals surface area (Å²) in [7, 11) is 0. The number of aliphatic hydroxyl groups excluding tert-OH is 1. The van der Waals surface area contributed by atoms with Crippen molar-refractivity contribution in [3.8, 4) is 0 Å². The van der Waals surface area contributed by atoms with Gasteiger partial charge in [0.2, 0.25) is 0 Å². The molecule has 0 saturated carbocycles. The van der Waals surface area contributed by atoms with Crippen molar-refractivity contribution in [2.45, 2.75) is 32.8 Å². The predicted octanol–water partition coefficient (Wildman–Crippen LogP) is 1.73. The number of thiazole rings is 1. The Labute approximate surface area is 113 Å². The summed E-state index contributed by atoms with van der Waals surface area (Å²) in [6.07, 6.45) is 1.81. The van der Waals surface area contributed by atoms with Gasteiger partial charge in [0, 0.05) is 31.6 Å². The van der Waals surface area contributed by atoms with Gasteiger partial charge >= 0.3 is 0 Å². The van der Waals surface area contributed by atoms with Gasteiger partial charge < -0.3 is 10.0 Å². The molecule has 1 N–H and O–H groups in total. The smallest absolute Gasteiger partial charge is 0.185 e. The lowest BCUT2D eigenvalue weighted by molar-refractivity contribution is 0.113. The van der Waals surface area contributed by atoms with E-state index in [9.17, 15) is 5.11 Å². The molecule has 0 bridgehead atoms. The summed E-state index contributed by atoms with van der Waals surface area (Å²) in [5, 5.41) is 13.0. The molecule has 1 saturated heterocycles. The lowest BCUT2D eigenvalue weighted by atomic mass is 10.2. The monoisotopic (exact) mass is 269 g/mol. The third kappa shape index (κ3) is 3.67. The molecule has 1 aromatic rings. The first-order chi connectivity index (χ1) is 8.69. The first-order valence-corrected chi connectivity index (χ1v) is 7.64. The highest BCUT2D eigenvalue weighted by molar-refractivity contribution is 7.13. The molecular weight excluding hydrogens is 246 g/mol. The Morgan fingerprint density at radius 1 is 1.39 bits per heavy atom. The third-order valence-electron chi connectivity index (χ3n) is 3.41. The summed E-state index contributed by atoms with van der Waals surface area (Å²) in [4.78, 5) is 9.30. The molecule has 2 rings (SSSR count). The Bertz CT molecular complexity index is 369. The molecule has 18 heavy (non-hydrogen) atoms. The van der Waals surface area contributed by atoms with E-state index in [0.29, 0.717) is 0 Å². The Hall–Kier alpha value is -0.650. The van der Waals surface area contributed by atoms with Crippen molar-refractivity contribution < 1.29 is 5.11 Å². The van der Waals surface area contributed by atoms with Gasteiger partial charge in [-0.3, -0.25) is 4.90 Å². The van der Waals surface area contributed by atoms with Gasteiger partial charge in [-0.25, -0.2) is 4.98 Å². The second kappa shape index (κ2) is 6.50. The molecule has 1 fully saturated rings. The van der Waals surface area contributed by atoms with E-state index < -0.39 is 0 Å². The molecule has 0 aromatic carbocycles. The number of aromatic nitrogens is 1. The maximum absolute atomic E-state index is 9.72. The van der Waals surface area contributed by atoms with Gasteiger partial charge in [-0.1, -0.05) is 6.92 Å². The maximum atomic E-state index is 9.72. The summed E-state index contributed by atoms with van der Waals surface area (Å²) in [5.74, 6) is 0. The Morgan fingerprint density at radius 2 is 2.22 bits per heavy atom. The standard InChI is InChI=1S/C13H23N3OS/c1-3-12(17)9-15-5-4-6-16(8-7-15)13-14-11(2)10-18-13/h10,12,17H,3-9H2,1-2H3. The maximum Gasteiger partial charge on any atom is 0.185 e. The van der Waals surface area contributed by atoms with Crippen LogP contribution in [0.5, 0.6) is 0 Å². The number of anilines is 1. The molecule has 1 atom stereocenters. The molecule has 1 aliphatic rings. The van der Waals surface area contributed by atoms with Crippen LogP contribution in [0.4, 0.5) is 5.13 Å². The molecule has 1 unspecified atom stereocenters. The molecule has 0 aliphatic carbocycles. The number of aryl methyl sites for hydroxylation is 1. The number of β-amino-alcohol motifs (C(OH)–C–C–N with tert-alkyl or cyclic N) is 1. The quantitative estimate of drug-likeness (QED) is 0.904. The topological polar surface area (TPSA) is 39.6 Å². The van der Waals surface area contributed by atoms with Crippen molar-refractivity contribution >= 4 is 16.5 Å². The van der Waals surface area contributed by atoms with Crippen LogP contribution >= 0.6 is 11.3 Å². The van der Waals surface area contributed by atoms with E-state index in [1.807, 2.05) is 13.8 Å². The average molecular weight is 269 g/mol. The van der Waals surface area contributed by atoms with Crippen LogP contribution in [0.25, 0.3) is 0 Å². The fraction of sp³-hybridized carbons (Fsp3) is 0.769. The largest absolute Gasteiger partial charge is 0.392 e. The Balaban J connectivity index is 1.88. The molecule has 0 amide bonds. The zero-order valence-electron chi connectivity index (χ0n) is 11.3. The van der Waals surface area contributed by atoms with Crippen LogP contribution in [0.3, 0.4) is 0 Å². The van der Waals surface area contributed by atoms with Crippen LogP contribution in [0.15, 0.2) is 5.38 Å². The lowest BCUT2D eigenvalue weighted by Gasteiger charge is -2.23. The fourth-order valence-electron chi connectivity index (χ4n) is 2.26. The number of nitrogens with zero attached hydrogens (tertiary/aromatic N) is 3. The van der Waals surface area contributed by atoms with Gasteiger partial charge in [-0.05, 0) is 26.3 Å². The summed E-state index contributed by atoms with van der Waals surface area (Å²) in [5.41, 5.74) is 1.11. The number of aliphatic hydroxyl groups is 1. The third-order valence-corrected chi connectivity index (χ3v) is 4.43. The van der Waals surface area contributed by atoms with Gasteiger partial charge in [0.15, 0.2) is 5.13 Å². The van der Waals surface area contributed by atoms with Crippen molar-refractivity contribution in [3.05, 3.63) is 11.1 Å². The van der Waals surface area contributed by atoms with Crippen LogP contribution in [0, 0.1) is 6.92 Å². The SMILES string of the molecule is CCC(O)CN1CCCN(c2nc(C)cs2)CC1. The summed E-state index contributed by atoms with van der Waals surface area (Å²) >= 11 is 1.73. The van der Waals surface area contributed by atoms with E-state index in [1.54, 1.807) is 11.3 Å². The van der Waals surface area contributed by atoms with Crippen molar-refractivity contribution in [3.63, 3.8) is 0 Å². The second-order valence-corrected chi connectivity index (χ2v) is 5.81. The minimum Gasteiger partial charge on any atom is -0.392 e. The molecule has 4 nitrogen and oxygen atoms in total. The van der Waals surface area contributed by atoms with Crippen molar-refractivity contribution in [2.24, 2.45) is 0 Å². The van der Waals surface area contributed by atoms with E-state index in [-0.39, 0.29) is 6.10 Å². The number of hydrogen-bond donors (Lipinski definition) is 1. The lowest BCUT2D eigenvalue weighted by Crippen LogP contribution is -2.35. The highest BCUT2D eigenvalue weighted by Crippen LogP contribution is 2.21. The Kier molecular flexibility index (Phi) is 4.97. The zero-order chi connectivity index (χ0) is 13.0. The first kappa shape index (κ1) is 13.8. The van der Waals surface area contributed by atoms with Crippen LogP contribution in [0.2, 0.25) is 0 Å². The predicted molar refractivity (Wildman–Crippen MR) is 76.4 cm³/mol. The molecule has 5 heteroatoms. The Morgan fingerprint density at radius 3 is 2.89 bits per heavy atom. The second-order valence-electron chi connectivity index (χ2n) is 4.97. The van der Waals surface area contributed by atoms with Gasteiger partial charge in [-0.15, -0.1) is 11.3 Å². The van der Waals surface area contributed by atoms with Crippen LogP contribution in [-0.4, -0.2) is 53.8 Å². The molecule has 1 aliphatic heterocycles. The minimum atomic E-state index is -0.182. The van der Waals surface area contributed by atoms with Crippen molar-refractivity contribution in [2.75, 3.05) is 37.6 Å². The number of rotatable bonds is 4. The van der Waals surface area contributed by atoms with Crippen LogP contribution in [0.1, 0.15) is 25.5 Å². The molecule has 1 aromatic heterocycles. The summed E-state index contributed by atoms with van der Waals surface area (Å²) in [6, 6.07) is 0. The molecule has 0 spiro atoms. The zero-order valence-corrected chi connectivity index (χ0v) is 12.1. The van der Waals surface area contributed by atoms with E-state index in [4.69, 9.17) is 0 Å². The molecule has 2 heterocycles. The van der Waals surface area contributed by atoms with Crippen LogP contribution in [-0.2, 0) is 0 Å². The molecular formula is C13H23N3OS. The fourth-order valence-corrected chi connectivity index (χ4v) is 3.12. The van der Waals surface area contributed by atoms with Crippen LogP contribution < -0.4 is 4.90 Å². The highest BCUT2D eigenvalue weighted by atomic mass is 32.1. The van der Waals surface area contributed by atoms with Gasteiger partial charge in [0.1, 0.15) is 0 Å². The molecule has 0 radical (unpaired) electrons. The van der Waals surface area contributed by atoms with Crippen molar-refractivity contribution in [1.82, 2.24) is 9.88 Å². The van der Waals surface area contributed by atoms with Gasteiger partial charge in [0.25, 0.3) is 0 Å². The first-order valence-electron chi connectivity index (χ1n) is 6.76. The van der Waals surface area contributed by atoms with E-state index in [2.05, 4.69) is 20.2 Å². The normalized spacial score (nSPS) is 19.8. The van der Waals surface area contributed by atoms with E-state index in [0.717, 1.165) is 56.4 Å². The van der Waals surface area contributed by atoms with E-state index in [1.165, 1.54) is 0 Å². The average Bonchev–Trinajstić information content (AvgIpc) is 2.66. The summed E-state index contributed by atoms with van der Waals surface area (Å²) < 4.78 is 0. The highest BCUT2D eigenvalue weighted by Gasteiger charge is 2.18. The minimum absolute atomic E-state index is 0.182.